The number of esters is 2. The summed E-state index contributed by atoms with van der Waals surface area (Å²) in [5, 5.41) is 1.18. The lowest BCUT2D eigenvalue weighted by Crippen LogP contribution is -2.13. The summed E-state index contributed by atoms with van der Waals surface area (Å²) in [6.45, 7) is 0.444. The third kappa shape index (κ3) is 3.06. The van der Waals surface area contributed by atoms with Gasteiger partial charge < -0.3 is 14.0 Å². The van der Waals surface area contributed by atoms with E-state index in [1.54, 1.807) is 0 Å². The maximum Gasteiger partial charge on any atom is 0.337 e. The number of fused-ring (bicyclic) bond motifs is 4. The zero-order valence-electron chi connectivity index (χ0n) is 19.8. The van der Waals surface area contributed by atoms with Gasteiger partial charge in [0, 0.05) is 16.5 Å². The van der Waals surface area contributed by atoms with Gasteiger partial charge >= 0.3 is 11.9 Å². The molecular weight excluding hydrogens is 426 g/mol. The van der Waals surface area contributed by atoms with Gasteiger partial charge in [-0.25, -0.2) is 9.59 Å². The molecule has 1 saturated carbocycles. The van der Waals surface area contributed by atoms with Crippen LogP contribution in [0.5, 0.6) is 0 Å². The molecule has 0 saturated heterocycles. The lowest BCUT2D eigenvalue weighted by Gasteiger charge is -2.24. The predicted octanol–water partition coefficient (Wildman–Crippen LogP) is 6.03. The van der Waals surface area contributed by atoms with Crippen LogP contribution in [0.25, 0.3) is 27.7 Å². The van der Waals surface area contributed by atoms with Gasteiger partial charge in [-0.3, -0.25) is 0 Å². The number of hydrogen-bond acceptors (Lipinski definition) is 4. The summed E-state index contributed by atoms with van der Waals surface area (Å²) in [6.07, 6.45) is 7.90. The molecule has 5 heteroatoms. The number of hydrogen-bond donors (Lipinski definition) is 0. The molecule has 0 amide bonds. The summed E-state index contributed by atoms with van der Waals surface area (Å²) in [5.41, 5.74) is 9.66. The lowest BCUT2D eigenvalue weighted by molar-refractivity contribution is -0.136. The van der Waals surface area contributed by atoms with Crippen LogP contribution in [0.1, 0.15) is 71.5 Å². The first kappa shape index (κ1) is 21.2. The van der Waals surface area contributed by atoms with Crippen molar-refractivity contribution in [1.29, 1.82) is 0 Å². The monoisotopic (exact) mass is 455 g/mol. The van der Waals surface area contributed by atoms with E-state index in [1.807, 2.05) is 12.1 Å². The molecule has 2 aromatic carbocycles. The minimum atomic E-state index is -0.349. The van der Waals surface area contributed by atoms with Gasteiger partial charge in [-0.15, -0.1) is 0 Å². The van der Waals surface area contributed by atoms with E-state index in [9.17, 15) is 9.59 Å². The van der Waals surface area contributed by atoms with Crippen LogP contribution < -0.4 is 0 Å². The summed E-state index contributed by atoms with van der Waals surface area (Å²) in [4.78, 5) is 25.4. The Balaban J connectivity index is 1.71. The van der Waals surface area contributed by atoms with Crippen LogP contribution in [-0.4, -0.2) is 30.7 Å². The van der Waals surface area contributed by atoms with Crippen molar-refractivity contribution in [1.82, 2.24) is 4.57 Å². The molecule has 2 aliphatic carbocycles. The van der Waals surface area contributed by atoms with Crippen LogP contribution in [0.2, 0.25) is 0 Å². The van der Waals surface area contributed by atoms with E-state index >= 15 is 0 Å². The fourth-order valence-electron chi connectivity index (χ4n) is 6.49. The van der Waals surface area contributed by atoms with Crippen LogP contribution in [-0.2, 0) is 27.2 Å². The van der Waals surface area contributed by atoms with Crippen LogP contribution >= 0.6 is 0 Å². The van der Waals surface area contributed by atoms with Crippen LogP contribution in [0.4, 0.5) is 0 Å². The summed E-state index contributed by atoms with van der Waals surface area (Å²) in [5.74, 6) is -0.147. The van der Waals surface area contributed by atoms with Gasteiger partial charge in [0.15, 0.2) is 0 Å². The second-order valence-corrected chi connectivity index (χ2v) is 9.70. The molecule has 5 nitrogen and oxygen atoms in total. The Kier molecular flexibility index (Phi) is 5.09. The average molecular weight is 456 g/mol. The van der Waals surface area contributed by atoms with Gasteiger partial charge in [-0.2, -0.15) is 0 Å². The summed E-state index contributed by atoms with van der Waals surface area (Å²) >= 11 is 0. The maximum atomic E-state index is 13.0. The molecule has 1 aliphatic heterocycles. The standard InChI is InChI=1S/C29H29NO4/c1-33-28(31)19-12-14-21-24(15-19)30-16-23(29(32)34-2)20-13-11-18-9-6-10-22(25(18)20)27(30)26(21)17-7-4-3-5-8-17/h6,9-10,12,14-15,17H,3-5,7-8,11,13,16H2,1-2H3. The lowest BCUT2D eigenvalue weighted by atomic mass is 9.81. The molecule has 0 bridgehead atoms. The first-order chi connectivity index (χ1) is 16.6. The summed E-state index contributed by atoms with van der Waals surface area (Å²) in [6, 6.07) is 12.4. The number of rotatable bonds is 3. The largest absolute Gasteiger partial charge is 0.466 e. The fraction of sp³-hybridized carbons (Fsp3) is 0.379. The number of nitrogens with zero attached hydrogens (tertiary/aromatic N) is 1. The Bertz CT molecular complexity index is 1370. The number of carbonyl (C=O) groups is 2. The minimum absolute atomic E-state index is 0.268. The maximum absolute atomic E-state index is 13.0. The van der Waals surface area contributed by atoms with E-state index in [1.165, 1.54) is 79.7 Å². The zero-order chi connectivity index (χ0) is 23.4. The molecule has 0 N–H and O–H groups in total. The van der Waals surface area contributed by atoms with Crippen molar-refractivity contribution >= 4 is 28.4 Å². The van der Waals surface area contributed by atoms with Crippen molar-refractivity contribution in [3.63, 3.8) is 0 Å². The van der Waals surface area contributed by atoms with Crippen LogP contribution in [0.3, 0.4) is 0 Å². The second-order valence-electron chi connectivity index (χ2n) is 9.70. The van der Waals surface area contributed by atoms with E-state index in [0.717, 1.165) is 29.5 Å². The zero-order valence-corrected chi connectivity index (χ0v) is 19.8. The average Bonchev–Trinajstić information content (AvgIpc) is 3.41. The van der Waals surface area contributed by atoms with Crippen molar-refractivity contribution in [3.8, 4) is 11.3 Å². The first-order valence-electron chi connectivity index (χ1n) is 12.3. The molecule has 0 atom stereocenters. The summed E-state index contributed by atoms with van der Waals surface area (Å²) < 4.78 is 12.5. The van der Waals surface area contributed by atoms with Gasteiger partial charge in [0.2, 0.25) is 0 Å². The first-order valence-corrected chi connectivity index (χ1v) is 12.3. The molecule has 1 fully saturated rings. The van der Waals surface area contributed by atoms with E-state index in [4.69, 9.17) is 9.47 Å². The molecule has 6 rings (SSSR count). The normalized spacial score (nSPS) is 17.4. The Labute approximate surface area is 199 Å². The van der Waals surface area contributed by atoms with Crippen molar-refractivity contribution in [3.05, 3.63) is 64.2 Å². The molecule has 34 heavy (non-hydrogen) atoms. The predicted molar refractivity (Wildman–Crippen MR) is 132 cm³/mol. The highest BCUT2D eigenvalue weighted by Crippen LogP contribution is 2.50. The number of allylic oxidation sites excluding steroid dienone is 1. The van der Waals surface area contributed by atoms with E-state index in [0.29, 0.717) is 18.0 Å². The molecule has 3 aliphatic rings. The number of methoxy groups -OCH3 is 2. The Morgan fingerprint density at radius 2 is 1.74 bits per heavy atom. The van der Waals surface area contributed by atoms with Gasteiger partial charge in [0.05, 0.1) is 37.6 Å². The van der Waals surface area contributed by atoms with Crippen molar-refractivity contribution in [2.24, 2.45) is 0 Å². The molecular formula is C29H29NO4. The molecule has 3 aromatic rings. The quantitative estimate of drug-likeness (QED) is 0.453. The minimum Gasteiger partial charge on any atom is -0.466 e. The fourth-order valence-corrected chi connectivity index (χ4v) is 6.49. The van der Waals surface area contributed by atoms with Crippen molar-refractivity contribution in [2.75, 3.05) is 14.2 Å². The molecule has 0 radical (unpaired) electrons. The number of aryl methyl sites for hydroxylation is 1. The van der Waals surface area contributed by atoms with E-state index < -0.39 is 0 Å². The molecule has 174 valence electrons. The van der Waals surface area contributed by atoms with Crippen LogP contribution in [0, 0.1) is 0 Å². The SMILES string of the molecule is COC(=O)C1=C2CCc3cccc(c32)-c2c(C3CCCCC3)c3ccc(C(=O)OC)cc3n2C1. The highest BCUT2D eigenvalue weighted by Gasteiger charge is 2.35. The number of carbonyl (C=O) groups excluding carboxylic acids is 2. The van der Waals surface area contributed by atoms with E-state index in [-0.39, 0.29) is 11.9 Å². The highest BCUT2D eigenvalue weighted by molar-refractivity contribution is 6.05. The van der Waals surface area contributed by atoms with Gasteiger partial charge in [0.1, 0.15) is 0 Å². The Morgan fingerprint density at radius 3 is 2.50 bits per heavy atom. The molecule has 1 aromatic heterocycles. The van der Waals surface area contributed by atoms with Crippen molar-refractivity contribution in [2.45, 2.75) is 57.4 Å². The Morgan fingerprint density at radius 1 is 0.941 bits per heavy atom. The van der Waals surface area contributed by atoms with Gasteiger partial charge in [-0.05, 0) is 66.0 Å². The number of ether oxygens (including phenoxy) is 2. The number of aromatic nitrogens is 1. The van der Waals surface area contributed by atoms with E-state index in [2.05, 4.69) is 28.8 Å². The Hall–Kier alpha value is -3.34. The highest BCUT2D eigenvalue weighted by atomic mass is 16.5. The van der Waals surface area contributed by atoms with Crippen LogP contribution in [0.15, 0.2) is 42.0 Å². The topological polar surface area (TPSA) is 57.5 Å². The third-order valence-electron chi connectivity index (χ3n) is 8.00. The smallest absolute Gasteiger partial charge is 0.337 e. The molecule has 2 heterocycles. The van der Waals surface area contributed by atoms with Gasteiger partial charge in [0.25, 0.3) is 0 Å². The number of benzene rings is 2. The molecule has 0 unspecified atom stereocenters. The van der Waals surface area contributed by atoms with Crippen molar-refractivity contribution < 1.29 is 19.1 Å². The summed E-state index contributed by atoms with van der Waals surface area (Å²) in [7, 11) is 2.87. The molecule has 0 spiro atoms. The second kappa shape index (κ2) is 8.15. The third-order valence-corrected chi connectivity index (χ3v) is 8.00. The van der Waals surface area contributed by atoms with Gasteiger partial charge in [-0.1, -0.05) is 43.5 Å².